The number of anilines is 1. The van der Waals surface area contributed by atoms with Gasteiger partial charge in [-0.3, -0.25) is 0 Å². The lowest BCUT2D eigenvalue weighted by molar-refractivity contribution is 0.195. The summed E-state index contributed by atoms with van der Waals surface area (Å²) in [5, 5.41) is 6.87. The predicted octanol–water partition coefficient (Wildman–Crippen LogP) is 3.39. The van der Waals surface area contributed by atoms with E-state index in [0.29, 0.717) is 36.9 Å². The monoisotopic (exact) mass is 395 g/mol. The topological polar surface area (TPSA) is 74.5 Å². The summed E-state index contributed by atoms with van der Waals surface area (Å²) in [4.78, 5) is 20.4. The number of carbonyl (C=O) groups is 1. The Labute approximate surface area is 168 Å². The lowest BCUT2D eigenvalue weighted by atomic mass is 10.1. The Hall–Kier alpha value is -3.42. The van der Waals surface area contributed by atoms with Crippen LogP contribution in [0.3, 0.4) is 0 Å². The molecule has 1 aliphatic rings. The van der Waals surface area contributed by atoms with Gasteiger partial charge in [-0.1, -0.05) is 5.16 Å². The minimum Gasteiger partial charge on any atom is -0.368 e. The van der Waals surface area contributed by atoms with Crippen LogP contribution in [0.15, 0.2) is 53.1 Å². The highest BCUT2D eigenvalue weighted by molar-refractivity contribution is 5.74. The molecule has 0 aliphatic carbocycles. The van der Waals surface area contributed by atoms with Gasteiger partial charge in [-0.05, 0) is 55.5 Å². The first-order valence-electron chi connectivity index (χ1n) is 9.62. The van der Waals surface area contributed by atoms with Crippen molar-refractivity contribution in [3.8, 4) is 22.8 Å². The van der Waals surface area contributed by atoms with E-state index in [2.05, 4.69) is 20.4 Å². The largest absolute Gasteiger partial charge is 0.368 e. The van der Waals surface area contributed by atoms with E-state index in [0.717, 1.165) is 24.3 Å². The van der Waals surface area contributed by atoms with Crippen LogP contribution < -0.4 is 10.2 Å². The van der Waals surface area contributed by atoms with Gasteiger partial charge < -0.3 is 19.6 Å². The molecule has 1 fully saturated rings. The van der Waals surface area contributed by atoms with Crippen LogP contribution in [-0.4, -0.2) is 53.8 Å². The highest BCUT2D eigenvalue weighted by Gasteiger charge is 2.21. The fourth-order valence-corrected chi connectivity index (χ4v) is 3.30. The second-order valence-corrected chi connectivity index (χ2v) is 6.79. The van der Waals surface area contributed by atoms with E-state index in [1.807, 2.05) is 36.1 Å². The van der Waals surface area contributed by atoms with Crippen LogP contribution in [0.25, 0.3) is 22.8 Å². The van der Waals surface area contributed by atoms with Crippen LogP contribution in [0, 0.1) is 5.82 Å². The molecule has 1 N–H and O–H groups in total. The van der Waals surface area contributed by atoms with Crippen LogP contribution in [0.4, 0.5) is 14.9 Å². The third kappa shape index (κ3) is 4.21. The Morgan fingerprint density at radius 3 is 2.34 bits per heavy atom. The summed E-state index contributed by atoms with van der Waals surface area (Å²) >= 11 is 0. The van der Waals surface area contributed by atoms with E-state index in [9.17, 15) is 9.18 Å². The molecule has 0 spiro atoms. The molecule has 0 saturated carbocycles. The number of nitrogens with zero attached hydrogens (tertiary/aromatic N) is 4. The van der Waals surface area contributed by atoms with Crippen molar-refractivity contribution in [2.75, 3.05) is 37.6 Å². The molecule has 1 aliphatic heterocycles. The Morgan fingerprint density at radius 2 is 1.69 bits per heavy atom. The van der Waals surface area contributed by atoms with Crippen LogP contribution in [0.1, 0.15) is 6.92 Å². The summed E-state index contributed by atoms with van der Waals surface area (Å²) in [5.41, 5.74) is 2.60. The molecule has 4 rings (SSSR count). The fourth-order valence-electron chi connectivity index (χ4n) is 3.30. The van der Waals surface area contributed by atoms with Crippen molar-refractivity contribution in [2.45, 2.75) is 6.92 Å². The number of benzene rings is 2. The summed E-state index contributed by atoms with van der Waals surface area (Å²) in [6.07, 6.45) is 0. The molecule has 2 amide bonds. The molecule has 2 heterocycles. The maximum atomic E-state index is 13.1. The number of urea groups is 1. The molecule has 29 heavy (non-hydrogen) atoms. The van der Waals surface area contributed by atoms with Gasteiger partial charge in [-0.2, -0.15) is 4.98 Å². The third-order valence-electron chi connectivity index (χ3n) is 4.90. The van der Waals surface area contributed by atoms with Gasteiger partial charge in [0.25, 0.3) is 5.89 Å². The number of carbonyl (C=O) groups excluding carboxylic acids is 1. The van der Waals surface area contributed by atoms with Gasteiger partial charge in [0.05, 0.1) is 0 Å². The van der Waals surface area contributed by atoms with E-state index >= 15 is 0 Å². The number of hydrogen-bond donors (Lipinski definition) is 1. The fraction of sp³-hybridized carbons (Fsp3) is 0.286. The van der Waals surface area contributed by atoms with Crippen molar-refractivity contribution < 1.29 is 13.7 Å². The van der Waals surface area contributed by atoms with Crippen molar-refractivity contribution in [3.05, 3.63) is 54.3 Å². The third-order valence-corrected chi connectivity index (χ3v) is 4.90. The number of hydrogen-bond acceptors (Lipinski definition) is 5. The van der Waals surface area contributed by atoms with Crippen LogP contribution in [0.5, 0.6) is 0 Å². The molecule has 7 nitrogen and oxygen atoms in total. The molecule has 0 radical (unpaired) electrons. The van der Waals surface area contributed by atoms with E-state index < -0.39 is 0 Å². The van der Waals surface area contributed by atoms with Crippen molar-refractivity contribution >= 4 is 11.7 Å². The zero-order valence-corrected chi connectivity index (χ0v) is 16.1. The molecule has 1 aromatic heterocycles. The summed E-state index contributed by atoms with van der Waals surface area (Å²) in [6, 6.07) is 13.9. The number of rotatable bonds is 4. The van der Waals surface area contributed by atoms with Gasteiger partial charge in [0.2, 0.25) is 5.82 Å². The van der Waals surface area contributed by atoms with E-state index in [4.69, 9.17) is 4.52 Å². The number of halogens is 1. The number of aromatic nitrogens is 2. The molecule has 0 atom stereocenters. The van der Waals surface area contributed by atoms with Crippen molar-refractivity contribution in [3.63, 3.8) is 0 Å². The van der Waals surface area contributed by atoms with Gasteiger partial charge in [0, 0.05) is 49.5 Å². The highest BCUT2D eigenvalue weighted by Crippen LogP contribution is 2.25. The summed E-state index contributed by atoms with van der Waals surface area (Å²) in [6.45, 7) is 5.52. The molecule has 2 aromatic carbocycles. The predicted molar refractivity (Wildman–Crippen MR) is 108 cm³/mol. The maximum absolute atomic E-state index is 13.1. The van der Waals surface area contributed by atoms with Crippen LogP contribution in [0.2, 0.25) is 0 Å². The normalized spacial score (nSPS) is 14.1. The molecule has 1 saturated heterocycles. The van der Waals surface area contributed by atoms with Crippen LogP contribution >= 0.6 is 0 Å². The molecule has 3 aromatic rings. The molecule has 0 unspecified atom stereocenters. The smallest absolute Gasteiger partial charge is 0.317 e. The number of nitrogens with one attached hydrogen (secondary N) is 1. The standard InChI is InChI=1S/C21H22FN5O2/c1-2-23-21(28)27-13-11-26(12-14-27)18-9-5-15(6-10-18)19-24-20(29-25-19)16-3-7-17(22)8-4-16/h3-10H,2,11-14H2,1H3,(H,23,28). The Balaban J connectivity index is 1.41. The highest BCUT2D eigenvalue weighted by atomic mass is 19.1. The van der Waals surface area contributed by atoms with Gasteiger partial charge in [-0.15, -0.1) is 0 Å². The van der Waals surface area contributed by atoms with Crippen molar-refractivity contribution in [1.29, 1.82) is 0 Å². The van der Waals surface area contributed by atoms with Crippen LogP contribution in [-0.2, 0) is 0 Å². The zero-order chi connectivity index (χ0) is 20.2. The Bertz CT molecular complexity index is 963. The number of amides is 2. The lowest BCUT2D eigenvalue weighted by Gasteiger charge is -2.36. The SMILES string of the molecule is CCNC(=O)N1CCN(c2ccc(-c3noc(-c4ccc(F)cc4)n3)cc2)CC1. The zero-order valence-electron chi connectivity index (χ0n) is 16.1. The van der Waals surface area contributed by atoms with Gasteiger partial charge in [0.15, 0.2) is 0 Å². The molecule has 0 bridgehead atoms. The first-order valence-corrected chi connectivity index (χ1v) is 9.62. The van der Waals surface area contributed by atoms with E-state index in [-0.39, 0.29) is 11.8 Å². The van der Waals surface area contributed by atoms with Crippen molar-refractivity contribution in [2.24, 2.45) is 0 Å². The quantitative estimate of drug-likeness (QED) is 0.733. The number of piperazine rings is 1. The minimum atomic E-state index is -0.309. The first kappa shape index (κ1) is 18.9. The Kier molecular flexibility index (Phi) is 5.41. The van der Waals surface area contributed by atoms with Crippen molar-refractivity contribution in [1.82, 2.24) is 20.4 Å². The maximum Gasteiger partial charge on any atom is 0.317 e. The van der Waals surface area contributed by atoms with Gasteiger partial charge in [-0.25, -0.2) is 9.18 Å². The second kappa shape index (κ2) is 8.30. The second-order valence-electron chi connectivity index (χ2n) is 6.79. The Morgan fingerprint density at radius 1 is 1.03 bits per heavy atom. The van der Waals surface area contributed by atoms with E-state index in [1.165, 1.54) is 12.1 Å². The minimum absolute atomic E-state index is 0.00318. The summed E-state index contributed by atoms with van der Waals surface area (Å²) < 4.78 is 18.4. The molecule has 150 valence electrons. The summed E-state index contributed by atoms with van der Waals surface area (Å²) in [7, 11) is 0. The molecular weight excluding hydrogens is 373 g/mol. The van der Waals surface area contributed by atoms with Gasteiger partial charge >= 0.3 is 6.03 Å². The first-order chi connectivity index (χ1) is 14.1. The average molecular weight is 395 g/mol. The lowest BCUT2D eigenvalue weighted by Crippen LogP contribution is -2.51. The average Bonchev–Trinajstić information content (AvgIpc) is 3.25. The summed E-state index contributed by atoms with van der Waals surface area (Å²) in [5.74, 6) is 0.526. The molecule has 8 heteroatoms. The van der Waals surface area contributed by atoms with E-state index in [1.54, 1.807) is 12.1 Å². The van der Waals surface area contributed by atoms with Gasteiger partial charge in [0.1, 0.15) is 5.82 Å². The molecular formula is C21H22FN5O2.